The highest BCUT2D eigenvalue weighted by Gasteiger charge is 2.47. The lowest BCUT2D eigenvalue weighted by atomic mass is 9.88. The number of carbonyl (C=O) groups excluding carboxylic acids is 1. The third-order valence-corrected chi connectivity index (χ3v) is 5.88. The third-order valence-electron chi connectivity index (χ3n) is 3.97. The van der Waals surface area contributed by atoms with Crippen molar-refractivity contribution >= 4 is 34.3 Å². The van der Waals surface area contributed by atoms with E-state index >= 15 is 0 Å². The molecular weight excluding hydrogens is 348 g/mol. The van der Waals surface area contributed by atoms with Gasteiger partial charge >= 0.3 is 0 Å². The molecule has 0 fully saturated rings. The van der Waals surface area contributed by atoms with Crippen LogP contribution >= 0.6 is 12.6 Å². The van der Waals surface area contributed by atoms with Crippen LogP contribution in [0.2, 0.25) is 0 Å². The van der Waals surface area contributed by atoms with Crippen LogP contribution in [0.4, 0.5) is 0 Å². The Hall–Kier alpha value is -1.57. The number of thiol groups is 1. The first-order chi connectivity index (χ1) is 11.1. The van der Waals surface area contributed by atoms with E-state index in [0.29, 0.717) is 28.7 Å². The molecule has 130 valence electrons. The molecule has 1 aliphatic rings. The molecule has 0 aliphatic heterocycles. The zero-order chi connectivity index (χ0) is 18.2. The molecule has 1 aliphatic carbocycles. The Labute approximate surface area is 147 Å². The van der Waals surface area contributed by atoms with Crippen LogP contribution in [0.1, 0.15) is 22.8 Å². The van der Waals surface area contributed by atoms with Gasteiger partial charge in [0.1, 0.15) is 5.75 Å². The molecule has 2 unspecified atom stereocenters. The number of benzene rings is 1. The normalized spacial score (nSPS) is 26.8. The highest BCUT2D eigenvalue weighted by Crippen LogP contribution is 2.45. The summed E-state index contributed by atoms with van der Waals surface area (Å²) in [6.07, 6.45) is 6.62. The molecule has 1 aromatic carbocycles. The quantitative estimate of drug-likeness (QED) is 0.491. The van der Waals surface area contributed by atoms with Crippen LogP contribution in [0.25, 0.3) is 5.57 Å². The molecule has 1 aromatic rings. The van der Waals surface area contributed by atoms with Crippen molar-refractivity contribution in [1.82, 2.24) is 0 Å². The minimum Gasteiger partial charge on any atom is -0.495 e. The Kier molecular flexibility index (Phi) is 4.99. The van der Waals surface area contributed by atoms with Gasteiger partial charge in [-0.1, -0.05) is 24.3 Å². The molecule has 5 nitrogen and oxygen atoms in total. The second-order valence-electron chi connectivity index (χ2n) is 5.81. The summed E-state index contributed by atoms with van der Waals surface area (Å²) in [5, 5.41) is 0. The molecule has 0 heterocycles. The summed E-state index contributed by atoms with van der Waals surface area (Å²) in [6.45, 7) is 1.82. The maximum absolute atomic E-state index is 12.5. The molecule has 2 atom stereocenters. The zero-order valence-electron chi connectivity index (χ0n) is 13.9. The SMILES string of the molecule is COc1c(C=O)cccc1C1=CC(C)(S)C=CC1(OC)S(C)(=O)=O. The second kappa shape index (κ2) is 6.38. The summed E-state index contributed by atoms with van der Waals surface area (Å²) < 4.78 is 35.2. The summed E-state index contributed by atoms with van der Waals surface area (Å²) in [7, 11) is -0.925. The lowest BCUT2D eigenvalue weighted by Gasteiger charge is -2.36. The highest BCUT2D eigenvalue weighted by molar-refractivity contribution is 7.92. The van der Waals surface area contributed by atoms with Gasteiger partial charge in [0.25, 0.3) is 0 Å². The molecular formula is C17H20O5S2. The molecule has 0 spiro atoms. The molecule has 24 heavy (non-hydrogen) atoms. The largest absolute Gasteiger partial charge is 0.495 e. The van der Waals surface area contributed by atoms with E-state index in [2.05, 4.69) is 12.6 Å². The first kappa shape index (κ1) is 18.8. The standard InChI is InChI=1S/C17H20O5S2/c1-16(23)8-9-17(22-3,24(4,19)20)14(10-16)13-7-5-6-12(11-18)15(13)21-2/h5-11,23H,1-4H3. The fourth-order valence-electron chi connectivity index (χ4n) is 2.81. The summed E-state index contributed by atoms with van der Waals surface area (Å²) >= 11 is 4.53. The van der Waals surface area contributed by atoms with Crippen molar-refractivity contribution in [3.05, 3.63) is 47.6 Å². The van der Waals surface area contributed by atoms with Gasteiger partial charge in [0.15, 0.2) is 16.1 Å². The van der Waals surface area contributed by atoms with Crippen LogP contribution in [0.15, 0.2) is 36.4 Å². The van der Waals surface area contributed by atoms with Crippen LogP contribution in [-0.2, 0) is 14.6 Å². The highest BCUT2D eigenvalue weighted by atomic mass is 32.2. The number of carbonyl (C=O) groups is 1. The van der Waals surface area contributed by atoms with Gasteiger partial charge in [-0.15, -0.1) is 0 Å². The van der Waals surface area contributed by atoms with E-state index in [1.165, 1.54) is 20.3 Å². The second-order valence-corrected chi connectivity index (χ2v) is 8.92. The summed E-state index contributed by atoms with van der Waals surface area (Å²) in [4.78, 5) is 9.62. The van der Waals surface area contributed by atoms with Gasteiger partial charge in [-0.3, -0.25) is 4.79 Å². The van der Waals surface area contributed by atoms with Gasteiger partial charge in [0.05, 0.1) is 12.7 Å². The molecule has 0 bridgehead atoms. The molecule has 0 N–H and O–H groups in total. The molecule has 0 aromatic heterocycles. The number of sulfone groups is 1. The van der Waals surface area contributed by atoms with Gasteiger partial charge in [0.2, 0.25) is 4.93 Å². The van der Waals surface area contributed by atoms with Crippen molar-refractivity contribution in [2.45, 2.75) is 16.6 Å². The number of hydrogen-bond acceptors (Lipinski definition) is 6. The van der Waals surface area contributed by atoms with Crippen LogP contribution in [0.5, 0.6) is 5.75 Å². The van der Waals surface area contributed by atoms with Crippen molar-refractivity contribution in [2.75, 3.05) is 20.5 Å². The van der Waals surface area contributed by atoms with E-state index in [-0.39, 0.29) is 0 Å². The summed E-state index contributed by atoms with van der Waals surface area (Å²) in [5.74, 6) is 0.295. The predicted molar refractivity (Wildman–Crippen MR) is 97.5 cm³/mol. The minimum atomic E-state index is -3.68. The zero-order valence-corrected chi connectivity index (χ0v) is 15.6. The van der Waals surface area contributed by atoms with Gasteiger partial charge in [-0.2, -0.15) is 12.6 Å². The van der Waals surface area contributed by atoms with Crippen LogP contribution < -0.4 is 4.74 Å². The number of aldehydes is 1. The maximum atomic E-state index is 12.5. The molecule has 2 rings (SSSR count). The Morgan fingerprint density at radius 3 is 2.38 bits per heavy atom. The van der Waals surface area contributed by atoms with E-state index in [1.54, 1.807) is 30.4 Å². The van der Waals surface area contributed by atoms with Crippen molar-refractivity contribution in [1.29, 1.82) is 0 Å². The van der Waals surface area contributed by atoms with Crippen molar-refractivity contribution in [3.63, 3.8) is 0 Å². The first-order valence-corrected chi connectivity index (χ1v) is 9.49. The fourth-order valence-corrected chi connectivity index (χ4v) is 4.20. The van der Waals surface area contributed by atoms with Crippen LogP contribution in [0.3, 0.4) is 0 Å². The van der Waals surface area contributed by atoms with Crippen LogP contribution in [0, 0.1) is 0 Å². The first-order valence-electron chi connectivity index (χ1n) is 7.15. The lowest BCUT2D eigenvalue weighted by molar-refractivity contribution is 0.112. The van der Waals surface area contributed by atoms with Crippen molar-refractivity contribution < 1.29 is 22.7 Å². The molecule has 0 amide bonds. The fraction of sp³-hybridized carbons (Fsp3) is 0.353. The number of para-hydroxylation sites is 1. The van der Waals surface area contributed by atoms with Gasteiger partial charge < -0.3 is 9.47 Å². The van der Waals surface area contributed by atoms with E-state index in [0.717, 1.165) is 6.26 Å². The molecule has 0 radical (unpaired) electrons. The Bertz CT molecular complexity index is 821. The molecule has 7 heteroatoms. The van der Waals surface area contributed by atoms with E-state index < -0.39 is 19.5 Å². The Morgan fingerprint density at radius 2 is 1.88 bits per heavy atom. The maximum Gasteiger partial charge on any atom is 0.213 e. The Morgan fingerprint density at radius 1 is 1.21 bits per heavy atom. The third kappa shape index (κ3) is 3.03. The van der Waals surface area contributed by atoms with Gasteiger partial charge in [-0.25, -0.2) is 8.42 Å². The van der Waals surface area contributed by atoms with E-state index in [4.69, 9.17) is 9.47 Å². The topological polar surface area (TPSA) is 69.7 Å². The Balaban J connectivity index is 2.86. The summed E-state index contributed by atoms with van der Waals surface area (Å²) in [5.41, 5.74) is 1.16. The average Bonchev–Trinajstić information content (AvgIpc) is 2.52. The van der Waals surface area contributed by atoms with Gasteiger partial charge in [-0.05, 0) is 19.1 Å². The monoisotopic (exact) mass is 368 g/mol. The predicted octanol–water partition coefficient (Wildman–Crippen LogP) is 2.54. The van der Waals surface area contributed by atoms with Gasteiger partial charge in [0, 0.05) is 29.2 Å². The average molecular weight is 368 g/mol. The number of methoxy groups -OCH3 is 2. The lowest BCUT2D eigenvalue weighted by Crippen LogP contribution is -2.42. The van der Waals surface area contributed by atoms with Crippen LogP contribution in [-0.4, -0.2) is 44.9 Å². The minimum absolute atomic E-state index is 0.295. The smallest absolute Gasteiger partial charge is 0.213 e. The van der Waals surface area contributed by atoms with Crippen molar-refractivity contribution in [3.8, 4) is 5.75 Å². The van der Waals surface area contributed by atoms with Crippen molar-refractivity contribution in [2.24, 2.45) is 0 Å². The molecule has 0 saturated carbocycles. The molecule has 0 saturated heterocycles. The summed E-state index contributed by atoms with van der Waals surface area (Å²) in [6, 6.07) is 4.96. The van der Waals surface area contributed by atoms with E-state index in [1.807, 2.05) is 6.92 Å². The number of hydrogen-bond donors (Lipinski definition) is 1. The number of ether oxygens (including phenoxy) is 2. The number of rotatable bonds is 5. The van der Waals surface area contributed by atoms with E-state index in [9.17, 15) is 13.2 Å².